The fraction of sp³-hybridized carbons (Fsp3) is 0.357. The fourth-order valence-electron chi connectivity index (χ4n) is 2.23. The number of primary sulfonamides is 1. The maximum atomic E-state index is 11.5. The molecule has 25 heavy (non-hydrogen) atoms. The van der Waals surface area contributed by atoms with Gasteiger partial charge in [-0.3, -0.25) is 0 Å². The van der Waals surface area contributed by atoms with Crippen molar-refractivity contribution in [2.24, 2.45) is 5.14 Å². The first-order valence-corrected chi connectivity index (χ1v) is 8.83. The van der Waals surface area contributed by atoms with Gasteiger partial charge in [0.2, 0.25) is 15.8 Å². The molecule has 0 spiro atoms. The zero-order chi connectivity index (χ0) is 18.8. The maximum Gasteiger partial charge on any atom is 0.337 e. The van der Waals surface area contributed by atoms with Crippen LogP contribution in [0, 0.1) is 0 Å². The predicted molar refractivity (Wildman–Crippen MR) is 89.0 cm³/mol. The number of carbonyl (C=O) groups is 1. The summed E-state index contributed by atoms with van der Waals surface area (Å²) in [6.07, 6.45) is 2.66. The number of carboxylic acids is 1. The van der Waals surface area contributed by atoms with Crippen molar-refractivity contribution in [3.8, 4) is 0 Å². The van der Waals surface area contributed by atoms with E-state index in [9.17, 15) is 18.3 Å². The van der Waals surface area contributed by atoms with E-state index in [1.807, 2.05) is 0 Å². The Morgan fingerprint density at radius 1 is 1.48 bits per heavy atom. The number of hydrogen-bond acceptors (Lipinski definition) is 7. The minimum atomic E-state index is -4.16. The molecule has 0 radical (unpaired) electrons. The topological polar surface area (TPSA) is 137 Å². The van der Waals surface area contributed by atoms with E-state index in [0.717, 1.165) is 6.07 Å². The van der Waals surface area contributed by atoms with Crippen LogP contribution in [-0.4, -0.2) is 52.3 Å². The largest absolute Gasteiger partial charge is 0.478 e. The number of methoxy groups -OCH3 is 2. The average Bonchev–Trinajstić information content (AvgIpc) is 2.95. The number of nitrogens with two attached hydrogens (primary N) is 1. The predicted octanol–water partition coefficient (Wildman–Crippen LogP) is 0.999. The van der Waals surface area contributed by atoms with Crippen molar-refractivity contribution in [2.45, 2.75) is 17.0 Å². The lowest BCUT2D eigenvalue weighted by Gasteiger charge is -2.28. The molecule has 0 saturated heterocycles. The molecule has 0 amide bonds. The van der Waals surface area contributed by atoms with Gasteiger partial charge in [-0.1, -0.05) is 11.6 Å². The molecular weight excluding hydrogens is 376 g/mol. The first-order valence-electron chi connectivity index (χ1n) is 6.90. The molecule has 0 saturated carbocycles. The van der Waals surface area contributed by atoms with Crippen LogP contribution in [0.1, 0.15) is 10.4 Å². The van der Waals surface area contributed by atoms with Crippen LogP contribution in [0.5, 0.6) is 0 Å². The molecule has 138 valence electrons. The Labute approximate surface area is 149 Å². The smallest absolute Gasteiger partial charge is 0.337 e. The van der Waals surface area contributed by atoms with Gasteiger partial charge in [-0.05, 0) is 24.3 Å². The minimum absolute atomic E-state index is 0.0190. The van der Waals surface area contributed by atoms with Gasteiger partial charge in [0, 0.05) is 14.2 Å². The Morgan fingerprint density at radius 3 is 2.64 bits per heavy atom. The number of sulfonamides is 1. The quantitative estimate of drug-likeness (QED) is 0.584. The molecule has 0 fully saturated rings. The monoisotopic (exact) mass is 392 g/mol. The molecule has 1 aromatic rings. The van der Waals surface area contributed by atoms with E-state index < -0.39 is 33.0 Å². The van der Waals surface area contributed by atoms with Crippen LogP contribution >= 0.6 is 11.6 Å². The van der Waals surface area contributed by atoms with Crippen LogP contribution in [0.15, 0.2) is 29.2 Å². The number of carboxylic acid groups (broad SMARTS) is 1. The molecule has 1 aliphatic rings. The van der Waals surface area contributed by atoms with E-state index in [1.54, 1.807) is 12.2 Å². The van der Waals surface area contributed by atoms with Gasteiger partial charge >= 0.3 is 5.97 Å². The number of aromatic carboxylic acids is 1. The lowest BCUT2D eigenvalue weighted by molar-refractivity contribution is -0.234. The van der Waals surface area contributed by atoms with E-state index >= 15 is 0 Å². The lowest BCUT2D eigenvalue weighted by Crippen LogP contribution is -2.39. The van der Waals surface area contributed by atoms with Crippen LogP contribution in [0.4, 0.5) is 5.69 Å². The highest BCUT2D eigenvalue weighted by Crippen LogP contribution is 2.30. The molecule has 2 atom stereocenters. The summed E-state index contributed by atoms with van der Waals surface area (Å²) in [5.74, 6) is -2.53. The van der Waals surface area contributed by atoms with Crippen molar-refractivity contribution in [3.05, 3.63) is 34.9 Å². The van der Waals surface area contributed by atoms with Crippen molar-refractivity contribution in [2.75, 3.05) is 26.1 Å². The Hall–Kier alpha value is -1.69. The summed E-state index contributed by atoms with van der Waals surface area (Å²) in [7, 11) is -1.29. The van der Waals surface area contributed by atoms with Crippen molar-refractivity contribution in [3.63, 3.8) is 0 Å². The Morgan fingerprint density at radius 2 is 2.16 bits per heavy atom. The average molecular weight is 393 g/mol. The van der Waals surface area contributed by atoms with Crippen LogP contribution in [-0.2, 0) is 24.2 Å². The highest BCUT2D eigenvalue weighted by Gasteiger charge is 2.36. The van der Waals surface area contributed by atoms with E-state index in [1.165, 1.54) is 20.3 Å². The lowest BCUT2D eigenvalue weighted by atomic mass is 10.1. The van der Waals surface area contributed by atoms with Gasteiger partial charge < -0.3 is 24.6 Å². The summed E-state index contributed by atoms with van der Waals surface area (Å²) in [5.41, 5.74) is -0.232. The van der Waals surface area contributed by atoms with E-state index in [4.69, 9.17) is 31.0 Å². The number of hydrogen-bond donors (Lipinski definition) is 3. The van der Waals surface area contributed by atoms with Crippen molar-refractivity contribution in [1.29, 1.82) is 0 Å². The van der Waals surface area contributed by atoms with Crippen molar-refractivity contribution < 1.29 is 32.5 Å². The fourth-order valence-corrected chi connectivity index (χ4v) is 3.33. The van der Waals surface area contributed by atoms with E-state index in [-0.39, 0.29) is 22.8 Å². The summed E-state index contributed by atoms with van der Waals surface area (Å²) < 4.78 is 38.9. The van der Waals surface area contributed by atoms with Gasteiger partial charge in [0.05, 0.1) is 22.8 Å². The molecule has 9 nitrogen and oxygen atoms in total. The SMILES string of the molecule is COC1C=CC(CNc2cc(Cl)c(S(N)(=O)=O)cc2C(=O)O)(OC)O1. The van der Waals surface area contributed by atoms with Crippen LogP contribution in [0.25, 0.3) is 0 Å². The van der Waals surface area contributed by atoms with Crippen molar-refractivity contribution in [1.82, 2.24) is 0 Å². The minimum Gasteiger partial charge on any atom is -0.478 e. The number of nitrogens with one attached hydrogen (secondary N) is 1. The summed E-state index contributed by atoms with van der Waals surface area (Å²) in [4.78, 5) is 11.0. The Kier molecular flexibility index (Phi) is 5.72. The molecular formula is C14H17ClN2O7S. The second-order valence-corrected chi connectivity index (χ2v) is 7.07. The number of anilines is 1. The zero-order valence-electron chi connectivity index (χ0n) is 13.4. The van der Waals surface area contributed by atoms with Gasteiger partial charge in [0.25, 0.3) is 0 Å². The van der Waals surface area contributed by atoms with Crippen LogP contribution < -0.4 is 10.5 Å². The summed E-state index contributed by atoms with van der Waals surface area (Å²) in [6, 6.07) is 2.06. The molecule has 0 bridgehead atoms. The standard InChI is InChI=1S/C14H17ClN2O7S/c1-22-12-3-4-14(23-2,24-12)7-17-10-6-9(15)11(25(16,20)21)5-8(10)13(18)19/h3-6,12,17H,7H2,1-2H3,(H,18,19)(H2,16,20,21). The van der Waals surface area contributed by atoms with Gasteiger partial charge in [-0.15, -0.1) is 0 Å². The third kappa shape index (κ3) is 4.29. The number of ether oxygens (including phenoxy) is 3. The zero-order valence-corrected chi connectivity index (χ0v) is 14.9. The van der Waals surface area contributed by atoms with Gasteiger partial charge in [0.15, 0.2) is 6.29 Å². The molecule has 2 unspecified atom stereocenters. The van der Waals surface area contributed by atoms with E-state index in [0.29, 0.717) is 0 Å². The number of rotatable bonds is 7. The first kappa shape index (κ1) is 19.6. The molecule has 1 aromatic carbocycles. The van der Waals surface area contributed by atoms with Crippen LogP contribution in [0.2, 0.25) is 5.02 Å². The molecule has 0 aromatic heterocycles. The van der Waals surface area contributed by atoms with Crippen molar-refractivity contribution >= 4 is 33.3 Å². The van der Waals surface area contributed by atoms with Gasteiger partial charge in [-0.2, -0.15) is 0 Å². The normalized spacial score (nSPS) is 23.0. The van der Waals surface area contributed by atoms with Gasteiger partial charge in [0.1, 0.15) is 4.90 Å². The van der Waals surface area contributed by atoms with E-state index in [2.05, 4.69) is 5.32 Å². The Bertz CT molecular complexity index is 812. The highest BCUT2D eigenvalue weighted by atomic mass is 35.5. The molecule has 1 heterocycles. The van der Waals surface area contributed by atoms with Gasteiger partial charge in [-0.25, -0.2) is 18.4 Å². The number of halogens is 1. The second-order valence-electron chi connectivity index (χ2n) is 5.13. The number of benzene rings is 1. The molecule has 1 aliphatic heterocycles. The first-order chi connectivity index (χ1) is 11.6. The Balaban J connectivity index is 2.32. The molecule has 11 heteroatoms. The summed E-state index contributed by atoms with van der Waals surface area (Å²) in [5, 5.41) is 17.0. The third-order valence-corrected chi connectivity index (χ3v) is 4.91. The molecule has 2 rings (SSSR count). The summed E-state index contributed by atoms with van der Waals surface area (Å²) in [6.45, 7) is 0.0190. The highest BCUT2D eigenvalue weighted by molar-refractivity contribution is 7.89. The molecule has 0 aliphatic carbocycles. The second kappa shape index (κ2) is 7.28. The third-order valence-electron chi connectivity index (χ3n) is 3.53. The molecule has 4 N–H and O–H groups in total. The van der Waals surface area contributed by atoms with Crippen LogP contribution in [0.3, 0.4) is 0 Å². The summed E-state index contributed by atoms with van der Waals surface area (Å²) >= 11 is 5.91. The maximum absolute atomic E-state index is 11.5.